The summed E-state index contributed by atoms with van der Waals surface area (Å²) >= 11 is 0. The Morgan fingerprint density at radius 3 is 2.52 bits per heavy atom. The molecule has 2 unspecified atom stereocenters. The third-order valence-corrected chi connectivity index (χ3v) is 4.03. The maximum Gasteiger partial charge on any atom is 0.311 e. The van der Waals surface area contributed by atoms with Gasteiger partial charge in [0, 0.05) is 25.6 Å². The van der Waals surface area contributed by atoms with E-state index in [9.17, 15) is 4.79 Å². The van der Waals surface area contributed by atoms with Gasteiger partial charge in [0.25, 0.3) is 0 Å². The van der Waals surface area contributed by atoms with Crippen LogP contribution in [0.3, 0.4) is 0 Å². The van der Waals surface area contributed by atoms with Crippen LogP contribution in [0.15, 0.2) is 30.3 Å². The number of likely N-dealkylation sites (tertiary alicyclic amines) is 1. The van der Waals surface area contributed by atoms with E-state index in [1.54, 1.807) is 0 Å². The van der Waals surface area contributed by atoms with Crippen LogP contribution in [0.1, 0.15) is 39.7 Å². The first-order chi connectivity index (χ1) is 9.86. The predicted octanol–water partition coefficient (Wildman–Crippen LogP) is 3.49. The normalized spacial score (nSPS) is 23.8. The molecule has 3 nitrogen and oxygen atoms in total. The maximum atomic E-state index is 12.0. The number of carbonyl (C=O) groups excluding carboxylic acids is 1. The van der Waals surface area contributed by atoms with Crippen LogP contribution < -0.4 is 0 Å². The molecule has 1 aromatic carbocycles. The van der Waals surface area contributed by atoms with E-state index in [2.05, 4.69) is 36.1 Å². The fourth-order valence-corrected chi connectivity index (χ4v) is 2.69. The number of esters is 1. The van der Waals surface area contributed by atoms with Crippen molar-refractivity contribution in [3.63, 3.8) is 0 Å². The van der Waals surface area contributed by atoms with Crippen LogP contribution in [0.25, 0.3) is 0 Å². The molecule has 0 bridgehead atoms. The Morgan fingerprint density at radius 1 is 1.29 bits per heavy atom. The summed E-state index contributed by atoms with van der Waals surface area (Å²) in [6.45, 7) is 10.8. The molecular formula is C18H27NO2. The lowest BCUT2D eigenvalue weighted by Gasteiger charge is -2.37. The molecule has 0 aromatic heterocycles. The zero-order chi connectivity index (χ0) is 15.5. The van der Waals surface area contributed by atoms with Crippen molar-refractivity contribution >= 4 is 5.97 Å². The van der Waals surface area contributed by atoms with E-state index < -0.39 is 5.41 Å². The van der Waals surface area contributed by atoms with Gasteiger partial charge in [-0.3, -0.25) is 9.69 Å². The van der Waals surface area contributed by atoms with Crippen molar-refractivity contribution in [2.45, 2.75) is 46.8 Å². The number of benzene rings is 1. The number of carbonyl (C=O) groups is 1. The highest BCUT2D eigenvalue weighted by atomic mass is 16.5. The molecule has 0 radical (unpaired) electrons. The minimum absolute atomic E-state index is 0.0590. The standard InChI is InChI=1S/C18H27NO2/c1-14-12-19(13-15-8-6-5-7-9-15)11-10-16(14)21-17(20)18(2,3)4/h5-9,14,16H,10-13H2,1-4H3. The molecule has 116 valence electrons. The number of piperidine rings is 1. The van der Waals surface area contributed by atoms with E-state index in [1.165, 1.54) is 5.56 Å². The van der Waals surface area contributed by atoms with Gasteiger partial charge in [-0.2, -0.15) is 0 Å². The number of rotatable bonds is 3. The van der Waals surface area contributed by atoms with Gasteiger partial charge in [0.15, 0.2) is 0 Å². The third-order valence-electron chi connectivity index (χ3n) is 4.03. The fourth-order valence-electron chi connectivity index (χ4n) is 2.69. The molecule has 0 N–H and O–H groups in total. The minimum Gasteiger partial charge on any atom is -0.462 e. The van der Waals surface area contributed by atoms with Crippen molar-refractivity contribution < 1.29 is 9.53 Å². The van der Waals surface area contributed by atoms with Gasteiger partial charge in [-0.1, -0.05) is 37.3 Å². The molecule has 1 aliphatic rings. The summed E-state index contributed by atoms with van der Waals surface area (Å²) < 4.78 is 5.70. The summed E-state index contributed by atoms with van der Waals surface area (Å²) in [5.74, 6) is 0.296. The van der Waals surface area contributed by atoms with Crippen molar-refractivity contribution in [1.29, 1.82) is 0 Å². The predicted molar refractivity (Wildman–Crippen MR) is 84.8 cm³/mol. The molecule has 2 rings (SSSR count). The van der Waals surface area contributed by atoms with Crippen LogP contribution in [-0.4, -0.2) is 30.1 Å². The average Bonchev–Trinajstić information content (AvgIpc) is 2.42. The quantitative estimate of drug-likeness (QED) is 0.798. The fraction of sp³-hybridized carbons (Fsp3) is 0.611. The van der Waals surface area contributed by atoms with Gasteiger partial charge < -0.3 is 4.74 Å². The molecular weight excluding hydrogens is 262 g/mol. The molecule has 0 aliphatic carbocycles. The second-order valence-corrected chi connectivity index (χ2v) is 7.18. The topological polar surface area (TPSA) is 29.5 Å². The smallest absolute Gasteiger partial charge is 0.311 e. The Bertz CT molecular complexity index is 464. The Balaban J connectivity index is 1.86. The van der Waals surface area contributed by atoms with Crippen molar-refractivity contribution in [3.8, 4) is 0 Å². The molecule has 1 aliphatic heterocycles. The van der Waals surface area contributed by atoms with Crippen LogP contribution in [-0.2, 0) is 16.1 Å². The number of hydrogen-bond acceptors (Lipinski definition) is 3. The molecule has 3 heteroatoms. The Morgan fingerprint density at radius 2 is 1.95 bits per heavy atom. The summed E-state index contributed by atoms with van der Waals surface area (Å²) in [6, 6.07) is 10.5. The summed E-state index contributed by atoms with van der Waals surface area (Å²) in [6.07, 6.45) is 0.985. The Kier molecular flexibility index (Phi) is 5.04. The molecule has 1 heterocycles. The van der Waals surface area contributed by atoms with E-state index in [0.29, 0.717) is 5.92 Å². The van der Waals surface area contributed by atoms with Crippen molar-refractivity contribution in [3.05, 3.63) is 35.9 Å². The highest BCUT2D eigenvalue weighted by Crippen LogP contribution is 2.25. The number of ether oxygens (including phenoxy) is 1. The molecule has 0 spiro atoms. The zero-order valence-corrected chi connectivity index (χ0v) is 13.6. The summed E-state index contributed by atoms with van der Waals surface area (Å²) in [5, 5.41) is 0. The van der Waals surface area contributed by atoms with Gasteiger partial charge in [0.1, 0.15) is 6.10 Å². The third kappa shape index (κ3) is 4.57. The lowest BCUT2D eigenvalue weighted by Crippen LogP contribution is -2.44. The monoisotopic (exact) mass is 289 g/mol. The van der Waals surface area contributed by atoms with Gasteiger partial charge in [0.2, 0.25) is 0 Å². The Labute approximate surface area is 128 Å². The van der Waals surface area contributed by atoms with E-state index in [4.69, 9.17) is 4.74 Å². The van der Waals surface area contributed by atoms with Crippen LogP contribution in [0.2, 0.25) is 0 Å². The summed E-state index contributed by atoms with van der Waals surface area (Å²) in [5.41, 5.74) is 0.927. The van der Waals surface area contributed by atoms with Gasteiger partial charge >= 0.3 is 5.97 Å². The van der Waals surface area contributed by atoms with Crippen molar-refractivity contribution in [1.82, 2.24) is 4.90 Å². The largest absolute Gasteiger partial charge is 0.462 e. The molecule has 0 saturated carbocycles. The molecule has 1 fully saturated rings. The van der Waals surface area contributed by atoms with E-state index >= 15 is 0 Å². The average molecular weight is 289 g/mol. The maximum absolute atomic E-state index is 12.0. The zero-order valence-electron chi connectivity index (χ0n) is 13.6. The summed E-state index contributed by atoms with van der Waals surface area (Å²) in [4.78, 5) is 14.5. The molecule has 2 atom stereocenters. The van der Waals surface area contributed by atoms with E-state index in [-0.39, 0.29) is 12.1 Å². The first-order valence-electron chi connectivity index (χ1n) is 7.83. The van der Waals surface area contributed by atoms with Gasteiger partial charge in [-0.15, -0.1) is 0 Å². The van der Waals surface area contributed by atoms with Gasteiger partial charge in [-0.25, -0.2) is 0 Å². The van der Waals surface area contributed by atoms with E-state index in [1.807, 2.05) is 26.8 Å². The van der Waals surface area contributed by atoms with Gasteiger partial charge in [-0.05, 0) is 32.8 Å². The lowest BCUT2D eigenvalue weighted by molar-refractivity contribution is -0.164. The number of hydrogen-bond donors (Lipinski definition) is 0. The molecule has 21 heavy (non-hydrogen) atoms. The van der Waals surface area contributed by atoms with Crippen LogP contribution in [0.5, 0.6) is 0 Å². The molecule has 0 amide bonds. The first kappa shape index (κ1) is 16.0. The second kappa shape index (κ2) is 6.61. The highest BCUT2D eigenvalue weighted by molar-refractivity contribution is 5.75. The van der Waals surface area contributed by atoms with Crippen LogP contribution in [0, 0.1) is 11.3 Å². The van der Waals surface area contributed by atoms with Crippen molar-refractivity contribution in [2.75, 3.05) is 13.1 Å². The second-order valence-electron chi connectivity index (χ2n) is 7.18. The van der Waals surface area contributed by atoms with E-state index in [0.717, 1.165) is 26.1 Å². The van der Waals surface area contributed by atoms with Crippen LogP contribution in [0.4, 0.5) is 0 Å². The minimum atomic E-state index is -0.416. The lowest BCUT2D eigenvalue weighted by atomic mass is 9.94. The van der Waals surface area contributed by atoms with Crippen molar-refractivity contribution in [2.24, 2.45) is 11.3 Å². The molecule has 1 aromatic rings. The van der Waals surface area contributed by atoms with Crippen LogP contribution >= 0.6 is 0 Å². The summed E-state index contributed by atoms with van der Waals surface area (Å²) in [7, 11) is 0. The first-order valence-corrected chi connectivity index (χ1v) is 7.83. The highest BCUT2D eigenvalue weighted by Gasteiger charge is 2.32. The number of nitrogens with zero attached hydrogens (tertiary/aromatic N) is 1. The SMILES string of the molecule is CC1CN(Cc2ccccc2)CCC1OC(=O)C(C)(C)C. The Hall–Kier alpha value is -1.35. The van der Waals surface area contributed by atoms with Gasteiger partial charge in [0.05, 0.1) is 5.41 Å². The molecule has 1 saturated heterocycles.